The molecule has 13 heavy (non-hydrogen) atoms. The smallest absolute Gasteiger partial charge is 0.153 e. The third kappa shape index (κ3) is 1.79. The zero-order valence-corrected chi connectivity index (χ0v) is 9.52. The molecule has 0 saturated carbocycles. The van der Waals surface area contributed by atoms with Crippen molar-refractivity contribution in [3.8, 4) is 0 Å². The van der Waals surface area contributed by atoms with Crippen molar-refractivity contribution < 1.29 is 4.79 Å². The molecule has 0 aromatic heterocycles. The largest absolute Gasteiger partial charge is 0.298 e. The first-order chi connectivity index (χ1) is 6.00. The summed E-state index contributed by atoms with van der Waals surface area (Å²) in [6, 6.07) is 0. The molecule has 0 amide bonds. The normalized spacial score (nSPS) is 10.2. The number of rotatable bonds is 1. The summed E-state index contributed by atoms with van der Waals surface area (Å²) in [5.41, 5.74) is 0.732. The van der Waals surface area contributed by atoms with Crippen LogP contribution in [0.3, 0.4) is 0 Å². The molecule has 0 fully saturated rings. The van der Waals surface area contributed by atoms with E-state index in [1.165, 1.54) is 0 Å². The van der Waals surface area contributed by atoms with Gasteiger partial charge in [0.15, 0.2) is 6.29 Å². The van der Waals surface area contributed by atoms with Gasteiger partial charge in [-0.25, -0.2) is 0 Å². The van der Waals surface area contributed by atoms with Crippen LogP contribution in [-0.4, -0.2) is 6.29 Å². The predicted molar refractivity (Wildman–Crippen MR) is 56.6 cm³/mol. The van der Waals surface area contributed by atoms with Crippen LogP contribution in [0, 0.1) is 6.92 Å². The zero-order valence-electron chi connectivity index (χ0n) is 6.50. The minimum absolute atomic E-state index is 0.0947. The molecule has 0 radical (unpaired) electrons. The fraction of sp³-hybridized carbons (Fsp3) is 0.125. The highest BCUT2D eigenvalue weighted by Gasteiger charge is 2.16. The van der Waals surface area contributed by atoms with Crippen LogP contribution in [0.2, 0.25) is 20.1 Å². The van der Waals surface area contributed by atoms with Gasteiger partial charge in [-0.1, -0.05) is 46.4 Å². The van der Waals surface area contributed by atoms with Gasteiger partial charge in [-0.05, 0) is 12.5 Å². The summed E-state index contributed by atoms with van der Waals surface area (Å²) in [6.07, 6.45) is 0.555. The van der Waals surface area contributed by atoms with E-state index in [-0.39, 0.29) is 25.7 Å². The Morgan fingerprint density at radius 2 is 1.46 bits per heavy atom. The van der Waals surface area contributed by atoms with Gasteiger partial charge in [0, 0.05) is 0 Å². The van der Waals surface area contributed by atoms with Gasteiger partial charge in [-0.3, -0.25) is 4.79 Å². The summed E-state index contributed by atoms with van der Waals surface area (Å²) in [5, 5.41) is 0.779. The molecule has 0 aliphatic rings. The Hall–Kier alpha value is 0.0500. The van der Waals surface area contributed by atoms with Crippen LogP contribution >= 0.6 is 46.4 Å². The van der Waals surface area contributed by atoms with Crippen molar-refractivity contribution in [1.29, 1.82) is 0 Å². The van der Waals surface area contributed by atoms with E-state index in [1.807, 2.05) is 0 Å². The van der Waals surface area contributed by atoms with E-state index in [2.05, 4.69) is 0 Å². The number of carbonyl (C=O) groups excluding carboxylic acids is 1. The van der Waals surface area contributed by atoms with E-state index >= 15 is 0 Å². The van der Waals surface area contributed by atoms with Gasteiger partial charge in [-0.15, -0.1) is 0 Å². The Bertz CT molecular complexity index is 344. The molecule has 0 aliphatic heterocycles. The van der Waals surface area contributed by atoms with Crippen LogP contribution < -0.4 is 0 Å². The Kier molecular flexibility index (Phi) is 3.47. The molecule has 1 aromatic carbocycles. The fourth-order valence-electron chi connectivity index (χ4n) is 0.877. The van der Waals surface area contributed by atoms with Gasteiger partial charge >= 0.3 is 0 Å². The zero-order chi connectivity index (χ0) is 10.2. The van der Waals surface area contributed by atoms with Gasteiger partial charge in [0.2, 0.25) is 0 Å². The van der Waals surface area contributed by atoms with E-state index in [0.29, 0.717) is 11.8 Å². The average molecular weight is 258 g/mol. The molecule has 0 heterocycles. The highest BCUT2D eigenvalue weighted by Crippen LogP contribution is 2.39. The lowest BCUT2D eigenvalue weighted by atomic mass is 10.1. The maximum atomic E-state index is 10.6. The summed E-state index contributed by atoms with van der Waals surface area (Å²) >= 11 is 23.1. The maximum Gasteiger partial charge on any atom is 0.153 e. The number of carbonyl (C=O) groups is 1. The van der Waals surface area contributed by atoms with E-state index < -0.39 is 0 Å². The summed E-state index contributed by atoms with van der Waals surface area (Å²) in [6.45, 7) is 1.67. The van der Waals surface area contributed by atoms with Gasteiger partial charge in [-0.2, -0.15) is 0 Å². The van der Waals surface area contributed by atoms with Crippen LogP contribution in [0.25, 0.3) is 0 Å². The third-order valence-corrected chi connectivity index (χ3v) is 3.56. The summed E-state index contributed by atoms with van der Waals surface area (Å²) in [7, 11) is 0. The number of hydrogen-bond donors (Lipinski definition) is 0. The molecule has 5 heteroatoms. The lowest BCUT2D eigenvalue weighted by molar-refractivity contribution is 0.112. The van der Waals surface area contributed by atoms with Crippen molar-refractivity contribution >= 4 is 52.7 Å². The number of halogens is 4. The van der Waals surface area contributed by atoms with E-state index in [0.717, 1.165) is 0 Å². The van der Waals surface area contributed by atoms with Gasteiger partial charge in [0.05, 0.1) is 25.7 Å². The van der Waals surface area contributed by atoms with Gasteiger partial charge in [0.1, 0.15) is 0 Å². The quantitative estimate of drug-likeness (QED) is 0.414. The van der Waals surface area contributed by atoms with Crippen molar-refractivity contribution in [2.24, 2.45) is 0 Å². The van der Waals surface area contributed by atoms with Crippen LogP contribution in [-0.2, 0) is 0 Å². The molecule has 1 aromatic rings. The van der Waals surface area contributed by atoms with Crippen molar-refractivity contribution in [3.63, 3.8) is 0 Å². The number of hydrogen-bond acceptors (Lipinski definition) is 1. The predicted octanol–water partition coefficient (Wildman–Crippen LogP) is 4.42. The first-order valence-corrected chi connectivity index (χ1v) is 4.79. The standard InChI is InChI=1S/C8H4Cl4O/c1-3-5(9)4(2-13)7(11)8(12)6(3)10/h2H,1H3. The summed E-state index contributed by atoms with van der Waals surface area (Å²) in [5.74, 6) is 0. The van der Waals surface area contributed by atoms with Crippen molar-refractivity contribution in [2.45, 2.75) is 6.92 Å². The van der Waals surface area contributed by atoms with Gasteiger partial charge in [0.25, 0.3) is 0 Å². The Labute approximate surface area is 95.5 Å². The molecule has 0 unspecified atom stereocenters. The molecule has 0 N–H and O–H groups in total. The second kappa shape index (κ2) is 4.05. The number of benzene rings is 1. The molecule has 1 rings (SSSR count). The van der Waals surface area contributed by atoms with Crippen LogP contribution in [0.5, 0.6) is 0 Å². The van der Waals surface area contributed by atoms with Crippen molar-refractivity contribution in [1.82, 2.24) is 0 Å². The molecule has 1 nitrogen and oxygen atoms in total. The lowest BCUT2D eigenvalue weighted by Gasteiger charge is -2.08. The molecule has 0 bridgehead atoms. The summed E-state index contributed by atoms with van der Waals surface area (Å²) in [4.78, 5) is 10.6. The molecule has 0 saturated heterocycles. The first-order valence-electron chi connectivity index (χ1n) is 3.28. The summed E-state index contributed by atoms with van der Waals surface area (Å²) < 4.78 is 0. The highest BCUT2D eigenvalue weighted by atomic mass is 35.5. The van der Waals surface area contributed by atoms with Crippen molar-refractivity contribution in [2.75, 3.05) is 0 Å². The second-order valence-electron chi connectivity index (χ2n) is 2.41. The molecular weight excluding hydrogens is 254 g/mol. The topological polar surface area (TPSA) is 17.1 Å². The Balaban J connectivity index is 3.66. The fourth-order valence-corrected chi connectivity index (χ4v) is 1.92. The molecule has 0 atom stereocenters. The average Bonchev–Trinajstić information content (AvgIpc) is 2.13. The van der Waals surface area contributed by atoms with Crippen LogP contribution in [0.4, 0.5) is 0 Å². The molecule has 70 valence electrons. The minimum Gasteiger partial charge on any atom is -0.298 e. The van der Waals surface area contributed by atoms with E-state index in [1.54, 1.807) is 6.92 Å². The molecule has 0 spiro atoms. The Morgan fingerprint density at radius 1 is 0.923 bits per heavy atom. The highest BCUT2D eigenvalue weighted by molar-refractivity contribution is 6.51. The Morgan fingerprint density at radius 3 is 1.92 bits per heavy atom. The monoisotopic (exact) mass is 256 g/mol. The van der Waals surface area contributed by atoms with Crippen LogP contribution in [0.1, 0.15) is 15.9 Å². The van der Waals surface area contributed by atoms with Gasteiger partial charge < -0.3 is 0 Å². The van der Waals surface area contributed by atoms with E-state index in [4.69, 9.17) is 46.4 Å². The maximum absolute atomic E-state index is 10.6. The van der Waals surface area contributed by atoms with Crippen LogP contribution in [0.15, 0.2) is 0 Å². The number of aldehydes is 1. The van der Waals surface area contributed by atoms with Crippen molar-refractivity contribution in [3.05, 3.63) is 31.2 Å². The second-order valence-corrected chi connectivity index (χ2v) is 3.92. The minimum atomic E-state index is 0.0947. The molecular formula is C8H4Cl4O. The lowest BCUT2D eigenvalue weighted by Crippen LogP contribution is -1.90. The SMILES string of the molecule is Cc1c(Cl)c(Cl)c(Cl)c(C=O)c1Cl. The van der Waals surface area contributed by atoms with E-state index in [9.17, 15) is 4.79 Å². The first kappa shape index (κ1) is 11.1. The third-order valence-electron chi connectivity index (χ3n) is 1.63. The molecule has 0 aliphatic carbocycles.